The van der Waals surface area contributed by atoms with E-state index in [4.69, 9.17) is 11.6 Å². The van der Waals surface area contributed by atoms with Crippen LogP contribution in [0.2, 0.25) is 5.02 Å². The van der Waals surface area contributed by atoms with Crippen molar-refractivity contribution >= 4 is 23.2 Å². The summed E-state index contributed by atoms with van der Waals surface area (Å²) in [4.78, 5) is 21.5. The van der Waals surface area contributed by atoms with Crippen molar-refractivity contribution in [2.75, 3.05) is 0 Å². The summed E-state index contributed by atoms with van der Waals surface area (Å²) in [5.74, 6) is 1.54. The lowest BCUT2D eigenvalue weighted by Crippen LogP contribution is -2.21. The molecule has 0 N–H and O–H groups in total. The van der Waals surface area contributed by atoms with Crippen LogP contribution in [0.1, 0.15) is 46.7 Å². The van der Waals surface area contributed by atoms with Crippen LogP contribution < -0.4 is 0 Å². The molecule has 0 bridgehead atoms. The Morgan fingerprint density at radius 1 is 1.22 bits per heavy atom. The van der Waals surface area contributed by atoms with Gasteiger partial charge in [0.2, 0.25) is 0 Å². The maximum atomic E-state index is 12.5. The van der Waals surface area contributed by atoms with Gasteiger partial charge in [-0.1, -0.05) is 30.7 Å². The topological polar surface area (TPSA) is 60.1 Å². The first-order valence-electron chi connectivity index (χ1n) is 7.68. The predicted molar refractivity (Wildman–Crippen MR) is 87.0 cm³/mol. The minimum atomic E-state index is 0.106. The Morgan fingerprint density at radius 3 is 2.74 bits per heavy atom. The number of aryl methyl sites for hydroxylation is 1. The third kappa shape index (κ3) is 2.51. The van der Waals surface area contributed by atoms with Gasteiger partial charge in [0.25, 0.3) is 5.78 Å². The highest BCUT2D eigenvalue weighted by atomic mass is 35.5. The van der Waals surface area contributed by atoms with Gasteiger partial charge in [-0.25, -0.2) is 9.50 Å². The van der Waals surface area contributed by atoms with Crippen LogP contribution in [0.5, 0.6) is 0 Å². The van der Waals surface area contributed by atoms with E-state index in [1.165, 1.54) is 0 Å². The molecule has 0 aliphatic heterocycles. The summed E-state index contributed by atoms with van der Waals surface area (Å²) >= 11 is 5.94. The van der Waals surface area contributed by atoms with Gasteiger partial charge in [0, 0.05) is 24.1 Å². The summed E-state index contributed by atoms with van der Waals surface area (Å²) in [5.41, 5.74) is 2.59. The second-order valence-corrected chi connectivity index (χ2v) is 6.24. The molecule has 5 nitrogen and oxygen atoms in total. The second-order valence-electron chi connectivity index (χ2n) is 5.81. The van der Waals surface area contributed by atoms with Crippen LogP contribution in [-0.4, -0.2) is 25.4 Å². The SMILES string of the molecule is CCc1nc2nc3c(cn2n1)C(=O)CC(c1ccc(Cl)cc1)C3. The molecule has 1 atom stereocenters. The molecule has 4 rings (SSSR count). The summed E-state index contributed by atoms with van der Waals surface area (Å²) < 4.78 is 1.61. The van der Waals surface area contributed by atoms with E-state index in [0.717, 1.165) is 29.9 Å². The summed E-state index contributed by atoms with van der Waals surface area (Å²) in [6.07, 6.45) is 3.73. The molecule has 0 saturated heterocycles. The molecule has 3 aromatic rings. The fourth-order valence-corrected chi connectivity index (χ4v) is 3.17. The first-order valence-corrected chi connectivity index (χ1v) is 8.05. The first kappa shape index (κ1) is 14.3. The Morgan fingerprint density at radius 2 is 2.00 bits per heavy atom. The van der Waals surface area contributed by atoms with Gasteiger partial charge in [-0.05, 0) is 30.0 Å². The van der Waals surface area contributed by atoms with E-state index in [1.54, 1.807) is 10.7 Å². The molecule has 0 amide bonds. The van der Waals surface area contributed by atoms with E-state index in [-0.39, 0.29) is 11.7 Å². The number of rotatable bonds is 2. The largest absolute Gasteiger partial charge is 0.294 e. The van der Waals surface area contributed by atoms with Gasteiger partial charge in [0.15, 0.2) is 11.6 Å². The lowest BCUT2D eigenvalue weighted by Gasteiger charge is -2.23. The van der Waals surface area contributed by atoms with Crippen molar-refractivity contribution < 1.29 is 4.79 Å². The number of carbonyl (C=O) groups excluding carboxylic acids is 1. The Bertz CT molecular complexity index is 901. The summed E-state index contributed by atoms with van der Waals surface area (Å²) in [6.45, 7) is 2.00. The molecule has 0 fully saturated rings. The molecule has 2 heterocycles. The summed E-state index contributed by atoms with van der Waals surface area (Å²) in [6, 6.07) is 7.69. The number of nitrogens with zero attached hydrogens (tertiary/aromatic N) is 4. The molecule has 1 aromatic carbocycles. The quantitative estimate of drug-likeness (QED) is 0.725. The number of hydrogen-bond donors (Lipinski definition) is 0. The number of benzene rings is 1. The Kier molecular flexibility index (Phi) is 3.38. The summed E-state index contributed by atoms with van der Waals surface area (Å²) in [5, 5.41) is 5.04. The maximum absolute atomic E-state index is 12.5. The van der Waals surface area contributed by atoms with Crippen molar-refractivity contribution in [1.29, 1.82) is 0 Å². The van der Waals surface area contributed by atoms with Gasteiger partial charge in [0.1, 0.15) is 0 Å². The van der Waals surface area contributed by atoms with Gasteiger partial charge >= 0.3 is 0 Å². The highest BCUT2D eigenvalue weighted by Crippen LogP contribution is 2.32. The number of halogens is 1. The van der Waals surface area contributed by atoms with Gasteiger partial charge in [-0.2, -0.15) is 4.98 Å². The van der Waals surface area contributed by atoms with Crippen molar-refractivity contribution in [3.8, 4) is 0 Å². The third-order valence-electron chi connectivity index (χ3n) is 4.28. The highest BCUT2D eigenvalue weighted by Gasteiger charge is 2.28. The van der Waals surface area contributed by atoms with E-state index in [9.17, 15) is 4.79 Å². The van der Waals surface area contributed by atoms with Crippen molar-refractivity contribution in [3.05, 3.63) is 58.1 Å². The average Bonchev–Trinajstić information content (AvgIpc) is 2.96. The second kappa shape index (κ2) is 5.42. The van der Waals surface area contributed by atoms with Crippen LogP contribution in [0.25, 0.3) is 5.78 Å². The molecule has 2 aromatic heterocycles. The summed E-state index contributed by atoms with van der Waals surface area (Å²) in [7, 11) is 0. The zero-order valence-corrected chi connectivity index (χ0v) is 13.4. The van der Waals surface area contributed by atoms with Gasteiger partial charge in [-0.15, -0.1) is 5.10 Å². The molecule has 1 aliphatic carbocycles. The predicted octanol–water partition coefficient (Wildman–Crippen LogP) is 3.25. The van der Waals surface area contributed by atoms with Crippen molar-refractivity contribution in [1.82, 2.24) is 19.6 Å². The van der Waals surface area contributed by atoms with Crippen LogP contribution in [0.3, 0.4) is 0 Å². The number of carbonyl (C=O) groups is 1. The van der Waals surface area contributed by atoms with Gasteiger partial charge in [-0.3, -0.25) is 4.79 Å². The van der Waals surface area contributed by atoms with Crippen LogP contribution in [-0.2, 0) is 12.8 Å². The van der Waals surface area contributed by atoms with Crippen LogP contribution in [0.15, 0.2) is 30.5 Å². The minimum absolute atomic E-state index is 0.106. The average molecular weight is 327 g/mol. The fourth-order valence-electron chi connectivity index (χ4n) is 3.05. The van der Waals surface area contributed by atoms with Crippen molar-refractivity contribution in [2.24, 2.45) is 0 Å². The van der Waals surface area contributed by atoms with Gasteiger partial charge in [0.05, 0.1) is 11.3 Å². The van der Waals surface area contributed by atoms with Crippen molar-refractivity contribution in [3.63, 3.8) is 0 Å². The number of aromatic nitrogens is 4. The number of hydrogen-bond acceptors (Lipinski definition) is 4. The molecule has 1 aliphatic rings. The lowest BCUT2D eigenvalue weighted by molar-refractivity contribution is 0.0962. The zero-order valence-electron chi connectivity index (χ0n) is 12.7. The smallest absolute Gasteiger partial charge is 0.252 e. The number of fused-ring (bicyclic) bond motifs is 2. The Hall–Kier alpha value is -2.27. The molecule has 0 saturated carbocycles. The van der Waals surface area contributed by atoms with E-state index in [2.05, 4.69) is 15.1 Å². The fraction of sp³-hybridized carbons (Fsp3) is 0.294. The Labute approximate surface area is 138 Å². The standard InChI is InChI=1S/C17H15ClN4O/c1-2-16-20-17-19-14-7-11(10-3-5-12(18)6-4-10)8-15(23)13(14)9-22(17)21-16/h3-6,9,11H,2,7-8H2,1H3. The van der Waals surface area contributed by atoms with Crippen LogP contribution >= 0.6 is 11.6 Å². The molecule has 23 heavy (non-hydrogen) atoms. The monoisotopic (exact) mass is 326 g/mol. The Balaban J connectivity index is 1.75. The molecule has 116 valence electrons. The van der Waals surface area contributed by atoms with E-state index in [0.29, 0.717) is 22.8 Å². The first-order chi connectivity index (χ1) is 11.1. The molecular formula is C17H15ClN4O. The molecule has 1 unspecified atom stereocenters. The van der Waals surface area contributed by atoms with E-state index >= 15 is 0 Å². The van der Waals surface area contributed by atoms with Gasteiger partial charge < -0.3 is 0 Å². The lowest BCUT2D eigenvalue weighted by atomic mass is 9.82. The zero-order chi connectivity index (χ0) is 16.0. The third-order valence-corrected chi connectivity index (χ3v) is 4.54. The highest BCUT2D eigenvalue weighted by molar-refractivity contribution is 6.30. The van der Waals surface area contributed by atoms with Crippen molar-refractivity contribution in [2.45, 2.75) is 32.1 Å². The van der Waals surface area contributed by atoms with Crippen LogP contribution in [0, 0.1) is 0 Å². The molecule has 6 heteroatoms. The van der Waals surface area contributed by atoms with E-state index in [1.807, 2.05) is 31.2 Å². The molecule has 0 radical (unpaired) electrons. The van der Waals surface area contributed by atoms with E-state index < -0.39 is 0 Å². The maximum Gasteiger partial charge on any atom is 0.252 e. The minimum Gasteiger partial charge on any atom is -0.294 e. The number of ketones is 1. The molecule has 0 spiro atoms. The number of Topliss-reactive ketones (excluding diaryl/α,β-unsaturated/α-hetero) is 1. The van der Waals surface area contributed by atoms with Crippen LogP contribution in [0.4, 0.5) is 0 Å². The normalized spacial score (nSPS) is 17.5. The molecular weight excluding hydrogens is 312 g/mol.